The van der Waals surface area contributed by atoms with E-state index in [9.17, 15) is 0 Å². The van der Waals surface area contributed by atoms with Crippen LogP contribution in [-0.4, -0.2) is 24.2 Å². The van der Waals surface area contributed by atoms with Gasteiger partial charge in [0.15, 0.2) is 0 Å². The molecule has 0 saturated carbocycles. The van der Waals surface area contributed by atoms with Crippen molar-refractivity contribution >= 4 is 10.8 Å². The average Bonchev–Trinajstić information content (AvgIpc) is 2.53. The van der Waals surface area contributed by atoms with Crippen molar-refractivity contribution in [3.8, 4) is 0 Å². The molecule has 0 spiro atoms. The fourth-order valence-corrected chi connectivity index (χ4v) is 2.90. The zero-order valence-electron chi connectivity index (χ0n) is 12.0. The third kappa shape index (κ3) is 3.17. The van der Waals surface area contributed by atoms with Crippen LogP contribution in [0.25, 0.3) is 10.8 Å². The predicted octanol–water partition coefficient (Wildman–Crippen LogP) is 3.14. The Morgan fingerprint density at radius 1 is 1.25 bits per heavy atom. The summed E-state index contributed by atoms with van der Waals surface area (Å²) in [6.07, 6.45) is 6.12. The van der Waals surface area contributed by atoms with Gasteiger partial charge in [0, 0.05) is 43.6 Å². The molecular formula is C17H22N2O. The van der Waals surface area contributed by atoms with E-state index < -0.39 is 0 Å². The zero-order chi connectivity index (χ0) is 13.8. The molecule has 106 valence electrons. The molecule has 20 heavy (non-hydrogen) atoms. The normalized spacial score (nSPS) is 18.2. The molecule has 0 bridgehead atoms. The summed E-state index contributed by atoms with van der Waals surface area (Å²) >= 11 is 0. The monoisotopic (exact) mass is 270 g/mol. The zero-order valence-corrected chi connectivity index (χ0v) is 12.0. The highest BCUT2D eigenvalue weighted by molar-refractivity contribution is 5.81. The van der Waals surface area contributed by atoms with Crippen LogP contribution in [0.2, 0.25) is 0 Å². The summed E-state index contributed by atoms with van der Waals surface area (Å²) in [5.41, 5.74) is 1.34. The second-order valence-electron chi connectivity index (χ2n) is 5.68. The summed E-state index contributed by atoms with van der Waals surface area (Å²) < 4.78 is 5.43. The van der Waals surface area contributed by atoms with Gasteiger partial charge < -0.3 is 10.1 Å². The van der Waals surface area contributed by atoms with Crippen molar-refractivity contribution in [3.63, 3.8) is 0 Å². The largest absolute Gasteiger partial charge is 0.381 e. The first kappa shape index (κ1) is 13.5. The summed E-state index contributed by atoms with van der Waals surface area (Å²) in [5.74, 6) is 0.744. The lowest BCUT2D eigenvalue weighted by molar-refractivity contribution is 0.0558. The summed E-state index contributed by atoms with van der Waals surface area (Å²) in [6, 6.07) is 9.21. The van der Waals surface area contributed by atoms with Crippen molar-refractivity contribution in [2.45, 2.75) is 32.4 Å². The van der Waals surface area contributed by atoms with Gasteiger partial charge in [0.25, 0.3) is 0 Å². The second-order valence-corrected chi connectivity index (χ2v) is 5.68. The molecular weight excluding hydrogens is 248 g/mol. The van der Waals surface area contributed by atoms with Gasteiger partial charge in [0.2, 0.25) is 0 Å². The number of ether oxygens (including phenoxy) is 1. The fraction of sp³-hybridized carbons (Fsp3) is 0.471. The summed E-state index contributed by atoms with van der Waals surface area (Å²) in [6.45, 7) is 5.05. The number of fused-ring (bicyclic) bond motifs is 1. The highest BCUT2D eigenvalue weighted by Gasteiger charge is 2.19. The Bertz CT molecular complexity index is 564. The van der Waals surface area contributed by atoms with Crippen LogP contribution in [-0.2, 0) is 11.3 Å². The Balaban J connectivity index is 1.61. The molecule has 1 fully saturated rings. The molecule has 0 aliphatic carbocycles. The molecule has 1 atom stereocenters. The van der Waals surface area contributed by atoms with E-state index in [2.05, 4.69) is 41.5 Å². The molecule has 1 saturated heterocycles. The smallest absolute Gasteiger partial charge is 0.0469 e. The van der Waals surface area contributed by atoms with Crippen LogP contribution in [0, 0.1) is 5.92 Å². The Hall–Kier alpha value is -1.45. The van der Waals surface area contributed by atoms with Crippen molar-refractivity contribution in [1.29, 1.82) is 0 Å². The van der Waals surface area contributed by atoms with Crippen LogP contribution in [0.1, 0.15) is 25.3 Å². The van der Waals surface area contributed by atoms with E-state index >= 15 is 0 Å². The number of pyridine rings is 1. The van der Waals surface area contributed by atoms with E-state index in [4.69, 9.17) is 4.74 Å². The van der Waals surface area contributed by atoms with E-state index in [1.54, 1.807) is 0 Å². The number of nitrogens with one attached hydrogen (secondary N) is 1. The number of aromatic nitrogens is 1. The lowest BCUT2D eigenvalue weighted by Crippen LogP contribution is -2.36. The molecule has 2 heterocycles. The molecule has 2 aromatic rings. The van der Waals surface area contributed by atoms with Gasteiger partial charge >= 0.3 is 0 Å². The van der Waals surface area contributed by atoms with Crippen molar-refractivity contribution in [2.24, 2.45) is 5.92 Å². The molecule has 3 rings (SSSR count). The first-order chi connectivity index (χ1) is 9.83. The van der Waals surface area contributed by atoms with Gasteiger partial charge in [0.1, 0.15) is 0 Å². The van der Waals surface area contributed by atoms with Gasteiger partial charge in [0.05, 0.1) is 0 Å². The molecule has 1 aliphatic heterocycles. The lowest BCUT2D eigenvalue weighted by atomic mass is 9.93. The fourth-order valence-electron chi connectivity index (χ4n) is 2.90. The van der Waals surface area contributed by atoms with Gasteiger partial charge in [-0.15, -0.1) is 0 Å². The average molecular weight is 270 g/mol. The van der Waals surface area contributed by atoms with Gasteiger partial charge in [-0.05, 0) is 48.8 Å². The third-order valence-corrected chi connectivity index (χ3v) is 4.31. The van der Waals surface area contributed by atoms with E-state index in [0.29, 0.717) is 6.04 Å². The first-order valence-corrected chi connectivity index (χ1v) is 7.47. The van der Waals surface area contributed by atoms with Crippen molar-refractivity contribution < 1.29 is 4.74 Å². The third-order valence-electron chi connectivity index (χ3n) is 4.31. The van der Waals surface area contributed by atoms with Gasteiger partial charge in [-0.25, -0.2) is 0 Å². The second kappa shape index (κ2) is 6.33. The maximum Gasteiger partial charge on any atom is 0.0469 e. The van der Waals surface area contributed by atoms with E-state index in [0.717, 1.165) is 25.7 Å². The minimum absolute atomic E-state index is 0.548. The van der Waals surface area contributed by atoms with Crippen LogP contribution < -0.4 is 5.32 Å². The minimum atomic E-state index is 0.548. The number of hydrogen-bond donors (Lipinski definition) is 1. The first-order valence-electron chi connectivity index (χ1n) is 7.47. The number of nitrogens with zero attached hydrogens (tertiary/aromatic N) is 1. The van der Waals surface area contributed by atoms with Crippen LogP contribution >= 0.6 is 0 Å². The van der Waals surface area contributed by atoms with Gasteiger partial charge in [-0.1, -0.05) is 12.1 Å². The highest BCUT2D eigenvalue weighted by Crippen LogP contribution is 2.19. The predicted molar refractivity (Wildman–Crippen MR) is 81.6 cm³/mol. The SMILES string of the molecule is CC(NCc1ccc2cnccc2c1)C1CCOCC1. The molecule has 3 heteroatoms. The number of benzene rings is 1. The Labute approximate surface area is 120 Å². The molecule has 1 aromatic carbocycles. The van der Waals surface area contributed by atoms with Crippen molar-refractivity contribution in [3.05, 3.63) is 42.2 Å². The molecule has 0 amide bonds. The van der Waals surface area contributed by atoms with Crippen LogP contribution in [0.3, 0.4) is 0 Å². The number of rotatable bonds is 4. The van der Waals surface area contributed by atoms with Gasteiger partial charge in [-0.3, -0.25) is 4.98 Å². The van der Waals surface area contributed by atoms with Crippen LogP contribution in [0.15, 0.2) is 36.7 Å². The van der Waals surface area contributed by atoms with Crippen LogP contribution in [0.4, 0.5) is 0 Å². The maximum atomic E-state index is 5.43. The van der Waals surface area contributed by atoms with Crippen molar-refractivity contribution in [1.82, 2.24) is 10.3 Å². The molecule has 1 unspecified atom stereocenters. The molecule has 1 N–H and O–H groups in total. The molecule has 1 aromatic heterocycles. The topological polar surface area (TPSA) is 34.2 Å². The Morgan fingerprint density at radius 3 is 2.95 bits per heavy atom. The summed E-state index contributed by atoms with van der Waals surface area (Å²) in [7, 11) is 0. The lowest BCUT2D eigenvalue weighted by Gasteiger charge is -2.28. The summed E-state index contributed by atoms with van der Waals surface area (Å²) in [5, 5.41) is 6.13. The van der Waals surface area contributed by atoms with E-state index in [1.165, 1.54) is 29.2 Å². The summed E-state index contributed by atoms with van der Waals surface area (Å²) in [4.78, 5) is 4.15. The van der Waals surface area contributed by atoms with Crippen molar-refractivity contribution in [2.75, 3.05) is 13.2 Å². The maximum absolute atomic E-state index is 5.43. The minimum Gasteiger partial charge on any atom is -0.381 e. The van der Waals surface area contributed by atoms with E-state index in [-0.39, 0.29) is 0 Å². The van der Waals surface area contributed by atoms with Gasteiger partial charge in [-0.2, -0.15) is 0 Å². The standard InChI is InChI=1S/C17H22N2O/c1-13(15-5-8-20-9-6-15)19-11-14-2-3-17-12-18-7-4-16(17)10-14/h2-4,7,10,12-13,15,19H,5-6,8-9,11H2,1H3. The number of hydrogen-bond acceptors (Lipinski definition) is 3. The quantitative estimate of drug-likeness (QED) is 0.926. The van der Waals surface area contributed by atoms with Crippen LogP contribution in [0.5, 0.6) is 0 Å². The highest BCUT2D eigenvalue weighted by atomic mass is 16.5. The van der Waals surface area contributed by atoms with E-state index in [1.807, 2.05) is 12.4 Å². The molecule has 1 aliphatic rings. The Morgan fingerprint density at radius 2 is 2.10 bits per heavy atom. The molecule has 3 nitrogen and oxygen atoms in total. The Kier molecular flexibility index (Phi) is 4.28. The molecule has 0 radical (unpaired) electrons.